The predicted octanol–water partition coefficient (Wildman–Crippen LogP) is 0.399. The van der Waals surface area contributed by atoms with Gasteiger partial charge in [0.25, 0.3) is 5.56 Å². The van der Waals surface area contributed by atoms with E-state index in [-0.39, 0.29) is 11.5 Å². The van der Waals surface area contributed by atoms with Crippen molar-refractivity contribution < 1.29 is 9.90 Å². The van der Waals surface area contributed by atoms with Crippen molar-refractivity contribution in [2.24, 2.45) is 0 Å². The number of hydrogen-bond acceptors (Lipinski definition) is 5. The van der Waals surface area contributed by atoms with E-state index in [1.54, 1.807) is 18.2 Å². The van der Waals surface area contributed by atoms with Crippen molar-refractivity contribution in [3.63, 3.8) is 0 Å². The molecule has 0 fully saturated rings. The summed E-state index contributed by atoms with van der Waals surface area (Å²) in [4.78, 5) is 29.6. The number of hydrogen-bond donors (Lipinski definition) is 2. The van der Waals surface area contributed by atoms with E-state index >= 15 is 0 Å². The summed E-state index contributed by atoms with van der Waals surface area (Å²) in [7, 11) is 0. The van der Waals surface area contributed by atoms with Gasteiger partial charge < -0.3 is 10.1 Å². The lowest BCUT2D eigenvalue weighted by atomic mass is 10.3. The maximum Gasteiger partial charge on any atom is 0.293 e. The van der Waals surface area contributed by atoms with Crippen molar-refractivity contribution in [2.75, 3.05) is 6.61 Å². The average Bonchev–Trinajstić information content (AvgIpc) is 2.85. The van der Waals surface area contributed by atoms with Crippen molar-refractivity contribution in [2.45, 2.75) is 0 Å². The molecule has 3 aromatic rings. The van der Waals surface area contributed by atoms with Gasteiger partial charge in [0.2, 0.25) is 17.3 Å². The van der Waals surface area contributed by atoms with Gasteiger partial charge >= 0.3 is 0 Å². The van der Waals surface area contributed by atoms with Crippen molar-refractivity contribution in [1.82, 2.24) is 19.6 Å². The van der Waals surface area contributed by atoms with E-state index < -0.39 is 17.9 Å². The zero-order valence-corrected chi connectivity index (χ0v) is 10.2. The first-order valence-electron chi connectivity index (χ1n) is 5.32. The zero-order chi connectivity index (χ0) is 13.6. The van der Waals surface area contributed by atoms with Crippen molar-refractivity contribution in [3.05, 3.63) is 39.4 Å². The largest absolute Gasteiger partial charge is 0.388 e. The van der Waals surface area contributed by atoms with Crippen molar-refractivity contribution >= 4 is 34.1 Å². The van der Waals surface area contributed by atoms with E-state index in [1.807, 2.05) is 0 Å². The van der Waals surface area contributed by atoms with Gasteiger partial charge in [0, 0.05) is 5.02 Å². The Morgan fingerprint density at radius 1 is 1.47 bits per heavy atom. The van der Waals surface area contributed by atoms with E-state index in [2.05, 4.69) is 15.1 Å². The first kappa shape index (κ1) is 11.8. The van der Waals surface area contributed by atoms with E-state index in [0.717, 1.165) is 0 Å². The van der Waals surface area contributed by atoms with Crippen molar-refractivity contribution in [1.29, 1.82) is 0 Å². The van der Waals surface area contributed by atoms with Gasteiger partial charge in [-0.1, -0.05) is 11.6 Å². The Balaban J connectivity index is 2.45. The molecule has 2 heterocycles. The summed E-state index contributed by atoms with van der Waals surface area (Å²) >= 11 is 5.90. The second-order valence-electron chi connectivity index (χ2n) is 3.87. The number of aromatic nitrogens is 4. The first-order valence-corrected chi connectivity index (χ1v) is 5.70. The molecule has 1 aromatic carbocycles. The number of carbonyl (C=O) groups is 1. The van der Waals surface area contributed by atoms with Gasteiger partial charge in [-0.05, 0) is 18.2 Å². The first-order chi connectivity index (χ1) is 9.10. The predicted molar refractivity (Wildman–Crippen MR) is 67.5 cm³/mol. The molecule has 0 spiro atoms. The van der Waals surface area contributed by atoms with Gasteiger partial charge in [-0.15, -0.1) is 5.10 Å². The topological polar surface area (TPSA) is 100 Å². The van der Waals surface area contributed by atoms with Gasteiger partial charge in [-0.3, -0.25) is 9.59 Å². The Morgan fingerprint density at radius 3 is 3.00 bits per heavy atom. The quantitative estimate of drug-likeness (QED) is 0.661. The fraction of sp³-hybridized carbons (Fsp3) is 0.0909. The van der Waals surface area contributed by atoms with Crippen LogP contribution in [0, 0.1) is 0 Å². The molecule has 19 heavy (non-hydrogen) atoms. The van der Waals surface area contributed by atoms with E-state index in [1.165, 1.54) is 4.52 Å². The molecule has 0 aliphatic heterocycles. The fourth-order valence-corrected chi connectivity index (χ4v) is 1.95. The number of Topliss-reactive ketones (excluding diaryl/α,β-unsaturated/α-hetero) is 1. The molecular weight excluding hydrogens is 272 g/mol. The molecule has 7 nitrogen and oxygen atoms in total. The highest BCUT2D eigenvalue weighted by Crippen LogP contribution is 2.16. The Hall–Kier alpha value is -2.25. The third-order valence-electron chi connectivity index (χ3n) is 2.64. The number of benzene rings is 1. The highest BCUT2D eigenvalue weighted by molar-refractivity contribution is 6.31. The third kappa shape index (κ3) is 1.79. The molecule has 96 valence electrons. The van der Waals surface area contributed by atoms with Crippen LogP contribution < -0.4 is 5.56 Å². The standard InChI is InChI=1S/C11H7ClN4O3/c12-5-1-2-6-7(3-5)16-10(11(19)13-6)14-9(15-16)8(18)4-17/h1-3,17H,4H2,(H,13,19). The van der Waals surface area contributed by atoms with Gasteiger partial charge in [0.05, 0.1) is 11.0 Å². The highest BCUT2D eigenvalue weighted by Gasteiger charge is 2.15. The SMILES string of the molecule is O=C(CO)c1nc2c(=O)[nH]c3ccc(Cl)cc3n2n1. The minimum absolute atomic E-state index is 0.0217. The second-order valence-corrected chi connectivity index (χ2v) is 4.30. The Labute approximate surface area is 110 Å². The van der Waals surface area contributed by atoms with Crippen LogP contribution in [0.3, 0.4) is 0 Å². The number of halogens is 1. The number of H-pyrrole nitrogens is 1. The van der Waals surface area contributed by atoms with Gasteiger partial charge in [-0.25, -0.2) is 4.52 Å². The number of rotatable bonds is 2. The molecule has 2 N–H and O–H groups in total. The Morgan fingerprint density at radius 2 is 2.26 bits per heavy atom. The van der Waals surface area contributed by atoms with Crippen LogP contribution in [0.5, 0.6) is 0 Å². The third-order valence-corrected chi connectivity index (χ3v) is 2.87. The lowest BCUT2D eigenvalue weighted by Gasteiger charge is -2.00. The van der Waals surface area contributed by atoms with Crippen molar-refractivity contribution in [3.8, 4) is 0 Å². The van der Waals surface area contributed by atoms with E-state index in [0.29, 0.717) is 16.1 Å². The molecule has 2 aromatic heterocycles. The van der Waals surface area contributed by atoms with Crippen LogP contribution in [0.15, 0.2) is 23.0 Å². The lowest BCUT2D eigenvalue weighted by molar-refractivity contribution is 0.0893. The van der Waals surface area contributed by atoms with Gasteiger partial charge in [0.1, 0.15) is 6.61 Å². The number of nitrogens with zero attached hydrogens (tertiary/aromatic N) is 3. The molecular formula is C11H7ClN4O3. The Kier molecular flexibility index (Phi) is 2.58. The summed E-state index contributed by atoms with van der Waals surface area (Å²) in [5.41, 5.74) is 0.548. The molecule has 3 rings (SSSR count). The highest BCUT2D eigenvalue weighted by atomic mass is 35.5. The molecule has 0 bridgehead atoms. The van der Waals surface area contributed by atoms with E-state index in [4.69, 9.17) is 16.7 Å². The van der Waals surface area contributed by atoms with Gasteiger partial charge in [-0.2, -0.15) is 4.98 Å². The molecule has 0 unspecified atom stereocenters. The minimum Gasteiger partial charge on any atom is -0.388 e. The van der Waals surface area contributed by atoms with Crippen LogP contribution in [0.4, 0.5) is 0 Å². The molecule has 0 saturated carbocycles. The van der Waals surface area contributed by atoms with Crippen LogP contribution in [0.2, 0.25) is 5.02 Å². The smallest absolute Gasteiger partial charge is 0.293 e. The Bertz CT molecular complexity index is 867. The lowest BCUT2D eigenvalue weighted by Crippen LogP contribution is -2.11. The molecule has 0 radical (unpaired) electrons. The normalized spacial score (nSPS) is 11.3. The van der Waals surface area contributed by atoms with Crippen LogP contribution in [-0.2, 0) is 0 Å². The summed E-state index contributed by atoms with van der Waals surface area (Å²) in [6.07, 6.45) is 0. The zero-order valence-electron chi connectivity index (χ0n) is 9.42. The minimum atomic E-state index is -0.715. The van der Waals surface area contributed by atoms with Crippen LogP contribution in [0.25, 0.3) is 16.7 Å². The molecule has 0 aliphatic rings. The monoisotopic (exact) mass is 278 g/mol. The maximum absolute atomic E-state index is 11.8. The summed E-state index contributed by atoms with van der Waals surface area (Å²) in [6, 6.07) is 4.86. The molecule has 0 amide bonds. The van der Waals surface area contributed by atoms with Crippen LogP contribution in [-0.4, -0.2) is 37.1 Å². The van der Waals surface area contributed by atoms with E-state index in [9.17, 15) is 9.59 Å². The number of ketones is 1. The van der Waals surface area contributed by atoms with Gasteiger partial charge in [0.15, 0.2) is 0 Å². The maximum atomic E-state index is 11.8. The number of aliphatic hydroxyl groups excluding tert-OH is 1. The summed E-state index contributed by atoms with van der Waals surface area (Å²) in [6.45, 7) is -0.715. The molecule has 0 atom stereocenters. The summed E-state index contributed by atoms with van der Waals surface area (Å²) < 4.78 is 1.24. The van der Waals surface area contributed by atoms with Crippen LogP contribution in [0.1, 0.15) is 10.6 Å². The average molecular weight is 279 g/mol. The number of fused-ring (bicyclic) bond motifs is 3. The summed E-state index contributed by atoms with van der Waals surface area (Å²) in [5.74, 6) is -0.862. The van der Waals surface area contributed by atoms with Crippen LogP contribution >= 0.6 is 11.6 Å². The number of nitrogens with one attached hydrogen (secondary N) is 1. The molecule has 0 saturated heterocycles. The number of aliphatic hydroxyl groups is 1. The summed E-state index contributed by atoms with van der Waals surface area (Å²) in [5, 5.41) is 13.2. The molecule has 8 heteroatoms. The molecule has 0 aliphatic carbocycles. The number of aromatic amines is 1. The number of carbonyl (C=O) groups excluding carboxylic acids is 1. The fourth-order valence-electron chi connectivity index (χ4n) is 1.78. The second kappa shape index (κ2) is 4.15.